The summed E-state index contributed by atoms with van der Waals surface area (Å²) in [6.45, 7) is 4.69. The van der Waals surface area contributed by atoms with Crippen LogP contribution in [0, 0.1) is 0 Å². The van der Waals surface area contributed by atoms with Crippen molar-refractivity contribution in [3.8, 4) is 11.3 Å². The molecule has 1 heterocycles. The van der Waals surface area contributed by atoms with Gasteiger partial charge >= 0.3 is 0 Å². The average Bonchev–Trinajstić information content (AvgIpc) is 3.11. The predicted molar refractivity (Wildman–Crippen MR) is 105 cm³/mol. The third kappa shape index (κ3) is 5.23. The molecule has 0 saturated carbocycles. The molecule has 2 aromatic carbocycles. The van der Waals surface area contributed by atoms with Crippen molar-refractivity contribution in [2.45, 2.75) is 37.0 Å². The molecule has 26 heavy (non-hydrogen) atoms. The second-order valence-electron chi connectivity index (χ2n) is 6.31. The third-order valence-corrected chi connectivity index (χ3v) is 4.76. The van der Waals surface area contributed by atoms with Gasteiger partial charge in [-0.25, -0.2) is 0 Å². The fourth-order valence-corrected chi connectivity index (χ4v) is 3.37. The van der Waals surface area contributed by atoms with Gasteiger partial charge in [-0.05, 0) is 17.7 Å². The molecule has 1 aromatic heterocycles. The van der Waals surface area contributed by atoms with E-state index in [9.17, 15) is 4.79 Å². The van der Waals surface area contributed by atoms with Crippen molar-refractivity contribution in [1.29, 1.82) is 0 Å². The van der Waals surface area contributed by atoms with Crippen molar-refractivity contribution >= 4 is 17.7 Å². The lowest BCUT2D eigenvalue weighted by Crippen LogP contribution is -2.24. The molecule has 0 atom stereocenters. The van der Waals surface area contributed by atoms with Crippen LogP contribution in [0.1, 0.15) is 25.1 Å². The number of carbonyl (C=O) groups excluding carboxylic acids is 1. The first-order chi connectivity index (χ1) is 12.6. The lowest BCUT2D eigenvalue weighted by Gasteiger charge is -2.06. The molecule has 134 valence electrons. The lowest BCUT2D eigenvalue weighted by molar-refractivity contribution is -0.120. The number of thioether (sulfide) groups is 1. The van der Waals surface area contributed by atoms with E-state index in [2.05, 4.69) is 36.5 Å². The summed E-state index contributed by atoms with van der Waals surface area (Å²) in [5, 5.41) is 7.46. The number of hydrogen-bond acceptors (Lipinski definition) is 4. The number of rotatable bonds is 7. The lowest BCUT2D eigenvalue weighted by atomic mass is 10.1. The Balaban J connectivity index is 1.50. The molecule has 3 rings (SSSR count). The second-order valence-corrected chi connectivity index (χ2v) is 7.96. The van der Waals surface area contributed by atoms with Crippen molar-refractivity contribution in [3.63, 3.8) is 0 Å². The van der Waals surface area contributed by atoms with Crippen LogP contribution in [-0.2, 0) is 17.8 Å². The number of hydrogen-bond donors (Lipinski definition) is 1. The van der Waals surface area contributed by atoms with Crippen LogP contribution in [0.4, 0.5) is 0 Å². The number of amides is 1. The molecule has 0 saturated heterocycles. The van der Waals surface area contributed by atoms with Crippen LogP contribution in [0.2, 0.25) is 0 Å². The Morgan fingerprint density at radius 3 is 2.54 bits per heavy atom. The minimum Gasteiger partial charge on any atom is -0.356 e. The molecule has 0 radical (unpaired) electrons. The molecule has 0 bridgehead atoms. The van der Waals surface area contributed by atoms with Gasteiger partial charge < -0.3 is 9.84 Å². The standard InChI is InChI=1S/C21H22N2O2S/c1-15(2)26-19-10-8-16(9-11-19)12-21(24)22-14-18-13-20(25-23-18)17-6-4-3-5-7-17/h3-11,13,15H,12,14H2,1-2H3,(H,22,24). The van der Waals surface area contributed by atoms with E-state index >= 15 is 0 Å². The zero-order chi connectivity index (χ0) is 18.4. The quantitative estimate of drug-likeness (QED) is 0.616. The average molecular weight is 366 g/mol. The molecule has 0 fully saturated rings. The number of aromatic nitrogens is 1. The van der Waals surface area contributed by atoms with E-state index < -0.39 is 0 Å². The van der Waals surface area contributed by atoms with E-state index in [1.807, 2.05) is 60.3 Å². The van der Waals surface area contributed by atoms with Crippen LogP contribution in [0.3, 0.4) is 0 Å². The van der Waals surface area contributed by atoms with E-state index in [4.69, 9.17) is 4.52 Å². The Morgan fingerprint density at radius 2 is 1.85 bits per heavy atom. The van der Waals surface area contributed by atoms with Crippen molar-refractivity contribution < 1.29 is 9.32 Å². The molecule has 0 aliphatic heterocycles. The molecule has 0 aliphatic rings. The second kappa shape index (κ2) is 8.72. The van der Waals surface area contributed by atoms with Gasteiger partial charge in [-0.3, -0.25) is 4.79 Å². The zero-order valence-corrected chi connectivity index (χ0v) is 15.8. The maximum atomic E-state index is 12.2. The predicted octanol–water partition coefficient (Wildman–Crippen LogP) is 4.70. The van der Waals surface area contributed by atoms with Crippen LogP contribution < -0.4 is 5.32 Å². The summed E-state index contributed by atoms with van der Waals surface area (Å²) in [6, 6.07) is 19.8. The first-order valence-corrected chi connectivity index (χ1v) is 9.51. The van der Waals surface area contributed by atoms with Crippen molar-refractivity contribution in [1.82, 2.24) is 10.5 Å². The molecule has 0 spiro atoms. The van der Waals surface area contributed by atoms with Gasteiger partial charge in [0, 0.05) is 21.8 Å². The highest BCUT2D eigenvalue weighted by Gasteiger charge is 2.09. The molecule has 1 N–H and O–H groups in total. The summed E-state index contributed by atoms with van der Waals surface area (Å²) in [4.78, 5) is 13.4. The molecule has 5 heteroatoms. The van der Waals surface area contributed by atoms with Crippen molar-refractivity contribution in [3.05, 3.63) is 71.9 Å². The van der Waals surface area contributed by atoms with Crippen LogP contribution in [-0.4, -0.2) is 16.3 Å². The van der Waals surface area contributed by atoms with Crippen LogP contribution in [0.15, 0.2) is 70.1 Å². The van der Waals surface area contributed by atoms with Gasteiger partial charge in [-0.2, -0.15) is 0 Å². The summed E-state index contributed by atoms with van der Waals surface area (Å²) in [5.74, 6) is 0.673. The molecule has 0 aliphatic carbocycles. The number of nitrogens with zero attached hydrogens (tertiary/aromatic N) is 1. The highest BCUT2D eigenvalue weighted by molar-refractivity contribution is 7.99. The Kier molecular flexibility index (Phi) is 6.12. The maximum Gasteiger partial charge on any atom is 0.224 e. The Morgan fingerprint density at radius 1 is 1.12 bits per heavy atom. The minimum atomic E-state index is -0.0291. The highest BCUT2D eigenvalue weighted by atomic mass is 32.2. The monoisotopic (exact) mass is 366 g/mol. The van der Waals surface area contributed by atoms with Crippen LogP contribution in [0.25, 0.3) is 11.3 Å². The minimum absolute atomic E-state index is 0.0291. The summed E-state index contributed by atoms with van der Waals surface area (Å²) in [7, 11) is 0. The van der Waals surface area contributed by atoms with Gasteiger partial charge in [0.15, 0.2) is 5.76 Å². The topological polar surface area (TPSA) is 55.1 Å². The molecule has 0 unspecified atom stereocenters. The Labute approximate surface area is 158 Å². The normalized spacial score (nSPS) is 10.9. The van der Waals surface area contributed by atoms with Crippen LogP contribution in [0.5, 0.6) is 0 Å². The fourth-order valence-electron chi connectivity index (χ4n) is 2.53. The van der Waals surface area contributed by atoms with Gasteiger partial charge in [-0.1, -0.05) is 61.5 Å². The number of nitrogens with one attached hydrogen (secondary N) is 1. The highest BCUT2D eigenvalue weighted by Crippen LogP contribution is 2.23. The summed E-state index contributed by atoms with van der Waals surface area (Å²) >= 11 is 1.81. The van der Waals surface area contributed by atoms with E-state index in [1.54, 1.807) is 0 Å². The van der Waals surface area contributed by atoms with E-state index in [0.29, 0.717) is 29.7 Å². The first kappa shape index (κ1) is 18.3. The zero-order valence-electron chi connectivity index (χ0n) is 14.9. The first-order valence-electron chi connectivity index (χ1n) is 8.63. The number of carbonyl (C=O) groups is 1. The summed E-state index contributed by atoms with van der Waals surface area (Å²) < 4.78 is 5.34. The Hall–Kier alpha value is -2.53. The number of benzene rings is 2. The largest absolute Gasteiger partial charge is 0.356 e. The SMILES string of the molecule is CC(C)Sc1ccc(CC(=O)NCc2cc(-c3ccccc3)on2)cc1. The third-order valence-electron chi connectivity index (χ3n) is 3.74. The summed E-state index contributed by atoms with van der Waals surface area (Å²) in [5.41, 5.74) is 2.68. The van der Waals surface area contributed by atoms with Gasteiger partial charge in [0.2, 0.25) is 5.91 Å². The molecular weight excluding hydrogens is 344 g/mol. The Bertz CT molecular complexity index is 842. The van der Waals surface area contributed by atoms with Gasteiger partial charge in [0.1, 0.15) is 5.69 Å². The van der Waals surface area contributed by atoms with E-state index in [1.165, 1.54) is 4.90 Å². The smallest absolute Gasteiger partial charge is 0.224 e. The molecule has 3 aromatic rings. The van der Waals surface area contributed by atoms with Gasteiger partial charge in [0.25, 0.3) is 0 Å². The molecule has 1 amide bonds. The van der Waals surface area contributed by atoms with Crippen molar-refractivity contribution in [2.75, 3.05) is 0 Å². The summed E-state index contributed by atoms with van der Waals surface area (Å²) in [6.07, 6.45) is 0.357. The van der Waals surface area contributed by atoms with Crippen LogP contribution >= 0.6 is 11.8 Å². The van der Waals surface area contributed by atoms with Gasteiger partial charge in [-0.15, -0.1) is 11.8 Å². The fraction of sp³-hybridized carbons (Fsp3) is 0.238. The molecule has 4 nitrogen and oxygen atoms in total. The van der Waals surface area contributed by atoms with E-state index in [-0.39, 0.29) is 5.91 Å². The van der Waals surface area contributed by atoms with E-state index in [0.717, 1.165) is 11.1 Å². The molecular formula is C21H22N2O2S. The van der Waals surface area contributed by atoms with Crippen molar-refractivity contribution in [2.24, 2.45) is 0 Å². The van der Waals surface area contributed by atoms with Gasteiger partial charge in [0.05, 0.1) is 13.0 Å². The maximum absolute atomic E-state index is 12.2.